The lowest BCUT2D eigenvalue weighted by molar-refractivity contribution is -0.113. The van der Waals surface area contributed by atoms with Crippen LogP contribution in [0.1, 0.15) is 15.2 Å². The first-order valence-corrected chi connectivity index (χ1v) is 9.91. The van der Waals surface area contributed by atoms with Crippen molar-refractivity contribution in [3.8, 4) is 0 Å². The van der Waals surface area contributed by atoms with Crippen molar-refractivity contribution in [1.29, 1.82) is 0 Å². The summed E-state index contributed by atoms with van der Waals surface area (Å²) in [5.74, 6) is 0.173. The van der Waals surface area contributed by atoms with E-state index in [4.69, 9.17) is 0 Å². The van der Waals surface area contributed by atoms with E-state index in [1.54, 1.807) is 6.07 Å². The van der Waals surface area contributed by atoms with E-state index in [0.717, 1.165) is 21.8 Å². The molecule has 0 atom stereocenters. The first-order valence-electron chi connectivity index (χ1n) is 8.05. The Kier molecular flexibility index (Phi) is 6.09. The molecule has 132 valence electrons. The SMILES string of the molecule is Cc1ccccc1NC(=O)CSc1ccc(NC(=O)c2cccs2)cc1. The molecule has 0 bridgehead atoms. The highest BCUT2D eigenvalue weighted by molar-refractivity contribution is 8.00. The van der Waals surface area contributed by atoms with Crippen molar-refractivity contribution < 1.29 is 9.59 Å². The van der Waals surface area contributed by atoms with Crippen LogP contribution in [0.25, 0.3) is 0 Å². The number of thiophene rings is 1. The van der Waals surface area contributed by atoms with Gasteiger partial charge in [-0.3, -0.25) is 9.59 Å². The van der Waals surface area contributed by atoms with Crippen molar-refractivity contribution in [3.63, 3.8) is 0 Å². The van der Waals surface area contributed by atoms with E-state index < -0.39 is 0 Å². The lowest BCUT2D eigenvalue weighted by Gasteiger charge is -2.08. The van der Waals surface area contributed by atoms with E-state index in [-0.39, 0.29) is 11.8 Å². The number of anilines is 2. The Hall–Kier alpha value is -2.57. The predicted octanol–water partition coefficient (Wildman–Crippen LogP) is 5.04. The average molecular weight is 383 g/mol. The fourth-order valence-electron chi connectivity index (χ4n) is 2.28. The van der Waals surface area contributed by atoms with Crippen molar-refractivity contribution in [2.24, 2.45) is 0 Å². The van der Waals surface area contributed by atoms with E-state index in [9.17, 15) is 9.59 Å². The number of carbonyl (C=O) groups excluding carboxylic acids is 2. The third kappa shape index (κ3) is 4.97. The molecule has 2 aromatic carbocycles. The van der Waals surface area contributed by atoms with Crippen LogP contribution >= 0.6 is 23.1 Å². The standard InChI is InChI=1S/C20H18N2O2S2/c1-14-5-2-3-6-17(14)22-19(23)13-26-16-10-8-15(9-11-16)21-20(24)18-7-4-12-25-18/h2-12H,13H2,1H3,(H,21,24)(H,22,23). The van der Waals surface area contributed by atoms with Crippen LogP contribution in [0.4, 0.5) is 11.4 Å². The summed E-state index contributed by atoms with van der Waals surface area (Å²) >= 11 is 2.86. The van der Waals surface area contributed by atoms with Crippen molar-refractivity contribution in [3.05, 3.63) is 76.5 Å². The van der Waals surface area contributed by atoms with Gasteiger partial charge in [0, 0.05) is 16.3 Å². The zero-order valence-corrected chi connectivity index (χ0v) is 15.8. The molecule has 0 spiro atoms. The molecule has 0 fully saturated rings. The van der Waals surface area contributed by atoms with Gasteiger partial charge in [0.25, 0.3) is 5.91 Å². The summed E-state index contributed by atoms with van der Waals surface area (Å²) in [5, 5.41) is 7.65. The number of benzene rings is 2. The second-order valence-electron chi connectivity index (χ2n) is 5.61. The maximum atomic E-state index is 12.1. The Morgan fingerprint density at radius 2 is 1.73 bits per heavy atom. The van der Waals surface area contributed by atoms with E-state index in [0.29, 0.717) is 10.6 Å². The van der Waals surface area contributed by atoms with Crippen molar-refractivity contribution in [2.75, 3.05) is 16.4 Å². The number of carbonyl (C=O) groups is 2. The second kappa shape index (κ2) is 8.69. The van der Waals surface area contributed by atoms with Crippen molar-refractivity contribution in [2.45, 2.75) is 11.8 Å². The van der Waals surface area contributed by atoms with Gasteiger partial charge in [0.2, 0.25) is 5.91 Å². The smallest absolute Gasteiger partial charge is 0.265 e. The maximum absolute atomic E-state index is 12.1. The fourth-order valence-corrected chi connectivity index (χ4v) is 3.60. The molecule has 0 aliphatic rings. The van der Waals surface area contributed by atoms with Gasteiger partial charge in [0.15, 0.2) is 0 Å². The van der Waals surface area contributed by atoms with Crippen LogP contribution in [0, 0.1) is 6.92 Å². The van der Waals surface area contributed by atoms with Gasteiger partial charge in [-0.25, -0.2) is 0 Å². The van der Waals surface area contributed by atoms with Crippen LogP contribution < -0.4 is 10.6 Å². The minimum Gasteiger partial charge on any atom is -0.325 e. The maximum Gasteiger partial charge on any atom is 0.265 e. The van der Waals surface area contributed by atoms with Gasteiger partial charge in [0.1, 0.15) is 0 Å². The van der Waals surface area contributed by atoms with Crippen molar-refractivity contribution in [1.82, 2.24) is 0 Å². The molecule has 0 radical (unpaired) electrons. The lowest BCUT2D eigenvalue weighted by Crippen LogP contribution is -2.14. The summed E-state index contributed by atoms with van der Waals surface area (Å²) < 4.78 is 0. The molecule has 0 saturated carbocycles. The monoisotopic (exact) mass is 382 g/mol. The molecular formula is C20H18N2O2S2. The van der Waals surface area contributed by atoms with Crippen LogP contribution in [0.5, 0.6) is 0 Å². The number of rotatable bonds is 6. The zero-order valence-electron chi connectivity index (χ0n) is 14.2. The highest BCUT2D eigenvalue weighted by Gasteiger charge is 2.08. The predicted molar refractivity (Wildman–Crippen MR) is 109 cm³/mol. The fraction of sp³-hybridized carbons (Fsp3) is 0.100. The molecule has 2 amide bonds. The normalized spacial score (nSPS) is 10.3. The molecule has 26 heavy (non-hydrogen) atoms. The van der Waals surface area contributed by atoms with E-state index in [1.165, 1.54) is 23.1 Å². The highest BCUT2D eigenvalue weighted by Crippen LogP contribution is 2.22. The molecule has 3 aromatic rings. The van der Waals surface area contributed by atoms with Crippen LogP contribution in [-0.2, 0) is 4.79 Å². The largest absolute Gasteiger partial charge is 0.325 e. The molecule has 3 rings (SSSR count). The van der Waals surface area contributed by atoms with E-state index >= 15 is 0 Å². The van der Waals surface area contributed by atoms with Crippen LogP contribution in [0.3, 0.4) is 0 Å². The second-order valence-corrected chi connectivity index (χ2v) is 7.60. The number of para-hydroxylation sites is 1. The Balaban J connectivity index is 1.50. The molecule has 0 aliphatic heterocycles. The van der Waals surface area contributed by atoms with Gasteiger partial charge in [-0.2, -0.15) is 0 Å². The molecular weight excluding hydrogens is 364 g/mol. The Morgan fingerprint density at radius 1 is 0.962 bits per heavy atom. The average Bonchev–Trinajstić information content (AvgIpc) is 3.18. The van der Waals surface area contributed by atoms with E-state index in [1.807, 2.05) is 66.9 Å². The minimum atomic E-state index is -0.113. The lowest BCUT2D eigenvalue weighted by atomic mass is 10.2. The minimum absolute atomic E-state index is 0.0422. The number of hydrogen-bond acceptors (Lipinski definition) is 4. The molecule has 4 nitrogen and oxygen atoms in total. The van der Waals surface area contributed by atoms with Crippen LogP contribution in [-0.4, -0.2) is 17.6 Å². The number of aryl methyl sites for hydroxylation is 1. The Bertz CT molecular complexity index is 890. The quantitative estimate of drug-likeness (QED) is 0.587. The van der Waals surface area contributed by atoms with Gasteiger partial charge in [0.05, 0.1) is 10.6 Å². The first-order chi connectivity index (χ1) is 12.6. The number of hydrogen-bond donors (Lipinski definition) is 2. The summed E-state index contributed by atoms with van der Waals surface area (Å²) in [4.78, 5) is 25.8. The summed E-state index contributed by atoms with van der Waals surface area (Å²) in [6.45, 7) is 1.96. The zero-order chi connectivity index (χ0) is 18.4. The van der Waals surface area contributed by atoms with Gasteiger partial charge in [-0.1, -0.05) is 24.3 Å². The van der Waals surface area contributed by atoms with Gasteiger partial charge in [-0.15, -0.1) is 23.1 Å². The summed E-state index contributed by atoms with van der Waals surface area (Å²) in [6, 6.07) is 18.8. The van der Waals surface area contributed by atoms with Gasteiger partial charge < -0.3 is 10.6 Å². The number of thioether (sulfide) groups is 1. The molecule has 0 aliphatic carbocycles. The molecule has 6 heteroatoms. The van der Waals surface area contributed by atoms with Crippen molar-refractivity contribution >= 4 is 46.3 Å². The Morgan fingerprint density at radius 3 is 2.42 bits per heavy atom. The van der Waals surface area contributed by atoms with E-state index in [2.05, 4.69) is 10.6 Å². The third-order valence-electron chi connectivity index (χ3n) is 3.65. The summed E-state index contributed by atoms with van der Waals surface area (Å²) in [6.07, 6.45) is 0. The topological polar surface area (TPSA) is 58.2 Å². The summed E-state index contributed by atoms with van der Waals surface area (Å²) in [7, 11) is 0. The third-order valence-corrected chi connectivity index (χ3v) is 5.53. The summed E-state index contributed by atoms with van der Waals surface area (Å²) in [5.41, 5.74) is 2.61. The highest BCUT2D eigenvalue weighted by atomic mass is 32.2. The number of amides is 2. The Labute approximate surface area is 160 Å². The van der Waals surface area contributed by atoms with Gasteiger partial charge in [-0.05, 0) is 54.3 Å². The molecule has 0 unspecified atom stereocenters. The molecule has 1 heterocycles. The van der Waals surface area contributed by atoms with Gasteiger partial charge >= 0.3 is 0 Å². The molecule has 1 aromatic heterocycles. The molecule has 2 N–H and O–H groups in total. The molecule has 0 saturated heterocycles. The van der Waals surface area contributed by atoms with Crippen LogP contribution in [0.15, 0.2) is 70.9 Å². The number of nitrogens with one attached hydrogen (secondary N) is 2. The van der Waals surface area contributed by atoms with Crippen LogP contribution in [0.2, 0.25) is 0 Å². The first kappa shape index (κ1) is 18.2.